The maximum absolute atomic E-state index is 5.30. The Morgan fingerprint density at radius 2 is 2.10 bits per heavy atom. The lowest BCUT2D eigenvalue weighted by Crippen LogP contribution is -1.97. The minimum absolute atomic E-state index is 0.544. The summed E-state index contributed by atoms with van der Waals surface area (Å²) < 4.78 is 4.75. The third kappa shape index (κ3) is 7.48. The zero-order valence-electron chi connectivity index (χ0n) is 6.52. The quantitative estimate of drug-likeness (QED) is 0.463. The smallest absolute Gasteiger partial charge is 0.107 e. The van der Waals surface area contributed by atoms with E-state index in [0.29, 0.717) is 6.61 Å². The van der Waals surface area contributed by atoms with Crippen LogP contribution in [0.2, 0.25) is 0 Å². The van der Waals surface area contributed by atoms with E-state index in [9.17, 15) is 0 Å². The molecule has 0 aliphatic carbocycles. The summed E-state index contributed by atoms with van der Waals surface area (Å²) in [6, 6.07) is 0. The molecule has 0 aliphatic heterocycles. The molecule has 2 heteroatoms. The van der Waals surface area contributed by atoms with Gasteiger partial charge in [0.25, 0.3) is 0 Å². The molecule has 0 saturated carbocycles. The molecule has 0 unspecified atom stereocenters. The van der Waals surface area contributed by atoms with Gasteiger partial charge in [0.15, 0.2) is 0 Å². The molecule has 0 radical (unpaired) electrons. The average molecular weight is 141 g/mol. The van der Waals surface area contributed by atoms with E-state index in [1.165, 1.54) is 0 Å². The molecule has 0 heterocycles. The standard InChI is InChI=1S/C8H15NO/c1-10-8-6-4-2-3-5-7-9/h2-3,5,7-9H2,1H3. The van der Waals surface area contributed by atoms with Gasteiger partial charge in [0, 0.05) is 13.5 Å². The van der Waals surface area contributed by atoms with Crippen molar-refractivity contribution in [2.24, 2.45) is 5.73 Å². The second-order valence-electron chi connectivity index (χ2n) is 2.03. The van der Waals surface area contributed by atoms with Gasteiger partial charge in [-0.15, -0.1) is 5.92 Å². The molecule has 0 aromatic carbocycles. The maximum Gasteiger partial charge on any atom is 0.107 e. The van der Waals surface area contributed by atoms with Crippen LogP contribution in [0.5, 0.6) is 0 Å². The number of ether oxygens (including phenoxy) is 1. The van der Waals surface area contributed by atoms with Crippen molar-refractivity contribution in [3.05, 3.63) is 0 Å². The molecule has 0 saturated heterocycles. The number of hydrogen-bond acceptors (Lipinski definition) is 2. The lowest BCUT2D eigenvalue weighted by molar-refractivity contribution is 0.239. The van der Waals surface area contributed by atoms with Crippen molar-refractivity contribution < 1.29 is 4.74 Å². The molecule has 0 aromatic rings. The fourth-order valence-electron chi connectivity index (χ4n) is 0.569. The van der Waals surface area contributed by atoms with E-state index >= 15 is 0 Å². The van der Waals surface area contributed by atoms with Gasteiger partial charge in [-0.2, -0.15) is 0 Å². The minimum Gasteiger partial charge on any atom is -0.372 e. The summed E-state index contributed by atoms with van der Waals surface area (Å²) in [7, 11) is 1.65. The van der Waals surface area contributed by atoms with Gasteiger partial charge in [-0.1, -0.05) is 5.92 Å². The van der Waals surface area contributed by atoms with E-state index in [4.69, 9.17) is 10.5 Å². The van der Waals surface area contributed by atoms with Gasteiger partial charge in [-0.05, 0) is 19.4 Å². The fourth-order valence-corrected chi connectivity index (χ4v) is 0.569. The van der Waals surface area contributed by atoms with E-state index in [1.54, 1.807) is 7.11 Å². The van der Waals surface area contributed by atoms with Crippen molar-refractivity contribution in [3.8, 4) is 11.8 Å². The summed E-state index contributed by atoms with van der Waals surface area (Å²) in [6.45, 7) is 1.31. The number of nitrogens with two attached hydrogens (primary N) is 1. The summed E-state index contributed by atoms with van der Waals surface area (Å²) >= 11 is 0. The van der Waals surface area contributed by atoms with Gasteiger partial charge in [0.1, 0.15) is 6.61 Å². The SMILES string of the molecule is COCC#CCCCCN. The highest BCUT2D eigenvalue weighted by Crippen LogP contribution is 1.89. The van der Waals surface area contributed by atoms with Crippen molar-refractivity contribution in [1.82, 2.24) is 0 Å². The van der Waals surface area contributed by atoms with Gasteiger partial charge in [-0.3, -0.25) is 0 Å². The molecule has 10 heavy (non-hydrogen) atoms. The predicted molar refractivity (Wildman–Crippen MR) is 42.6 cm³/mol. The van der Waals surface area contributed by atoms with Crippen molar-refractivity contribution in [1.29, 1.82) is 0 Å². The third-order valence-corrected chi connectivity index (χ3v) is 1.10. The number of hydrogen-bond donors (Lipinski definition) is 1. The number of methoxy groups -OCH3 is 1. The van der Waals surface area contributed by atoms with Crippen molar-refractivity contribution >= 4 is 0 Å². The first kappa shape index (κ1) is 9.48. The topological polar surface area (TPSA) is 35.2 Å². The number of unbranched alkanes of at least 4 members (excludes halogenated alkanes) is 2. The Kier molecular flexibility index (Phi) is 8.04. The van der Waals surface area contributed by atoms with Crippen molar-refractivity contribution in [2.45, 2.75) is 19.3 Å². The second-order valence-corrected chi connectivity index (χ2v) is 2.03. The summed E-state index contributed by atoms with van der Waals surface area (Å²) in [6.07, 6.45) is 3.12. The molecular weight excluding hydrogens is 126 g/mol. The van der Waals surface area contributed by atoms with Gasteiger partial charge in [0.2, 0.25) is 0 Å². The Morgan fingerprint density at radius 3 is 2.70 bits per heavy atom. The molecule has 0 rings (SSSR count). The van der Waals surface area contributed by atoms with Crippen LogP contribution in [-0.4, -0.2) is 20.3 Å². The van der Waals surface area contributed by atoms with Crippen molar-refractivity contribution in [3.63, 3.8) is 0 Å². The van der Waals surface area contributed by atoms with E-state index < -0.39 is 0 Å². The molecular formula is C8H15NO. The molecule has 0 bridgehead atoms. The van der Waals surface area contributed by atoms with Crippen LogP contribution < -0.4 is 5.73 Å². The maximum atomic E-state index is 5.30. The lowest BCUT2D eigenvalue weighted by Gasteiger charge is -1.88. The highest BCUT2D eigenvalue weighted by molar-refractivity contribution is 4.98. The van der Waals surface area contributed by atoms with E-state index in [-0.39, 0.29) is 0 Å². The first-order valence-corrected chi connectivity index (χ1v) is 3.56. The molecule has 0 amide bonds. The van der Waals surface area contributed by atoms with E-state index in [2.05, 4.69) is 11.8 Å². The minimum atomic E-state index is 0.544. The largest absolute Gasteiger partial charge is 0.372 e. The Hall–Kier alpha value is -0.520. The molecule has 0 atom stereocenters. The molecule has 0 spiro atoms. The Balaban J connectivity index is 2.96. The van der Waals surface area contributed by atoms with Gasteiger partial charge in [-0.25, -0.2) is 0 Å². The average Bonchev–Trinajstić information content (AvgIpc) is 1.97. The van der Waals surface area contributed by atoms with E-state index in [1.807, 2.05) is 0 Å². The molecule has 0 aliphatic rings. The second kappa shape index (κ2) is 8.48. The Labute approximate surface area is 62.7 Å². The highest BCUT2D eigenvalue weighted by atomic mass is 16.5. The summed E-state index contributed by atoms with van der Waals surface area (Å²) in [4.78, 5) is 0. The lowest BCUT2D eigenvalue weighted by atomic mass is 10.2. The summed E-state index contributed by atoms with van der Waals surface area (Å²) in [5.74, 6) is 5.87. The number of rotatable bonds is 4. The zero-order chi connectivity index (χ0) is 7.66. The van der Waals surface area contributed by atoms with Gasteiger partial charge in [0.05, 0.1) is 0 Å². The van der Waals surface area contributed by atoms with Crippen LogP contribution in [0.25, 0.3) is 0 Å². The summed E-state index contributed by atoms with van der Waals surface area (Å²) in [5, 5.41) is 0. The highest BCUT2D eigenvalue weighted by Gasteiger charge is 1.79. The monoisotopic (exact) mass is 141 g/mol. The Bertz CT molecular complexity index is 112. The third-order valence-electron chi connectivity index (χ3n) is 1.10. The van der Waals surface area contributed by atoms with Gasteiger partial charge < -0.3 is 10.5 Å². The molecule has 2 N–H and O–H groups in total. The van der Waals surface area contributed by atoms with Crippen LogP contribution in [0.1, 0.15) is 19.3 Å². The first-order valence-electron chi connectivity index (χ1n) is 3.56. The fraction of sp³-hybridized carbons (Fsp3) is 0.750. The molecule has 58 valence electrons. The molecule has 0 aromatic heterocycles. The normalized spacial score (nSPS) is 8.60. The van der Waals surface area contributed by atoms with Crippen LogP contribution in [0.15, 0.2) is 0 Å². The van der Waals surface area contributed by atoms with Crippen LogP contribution in [-0.2, 0) is 4.74 Å². The van der Waals surface area contributed by atoms with E-state index in [0.717, 1.165) is 25.8 Å². The van der Waals surface area contributed by atoms with Crippen molar-refractivity contribution in [2.75, 3.05) is 20.3 Å². The van der Waals surface area contributed by atoms with Crippen LogP contribution in [0, 0.1) is 11.8 Å². The zero-order valence-corrected chi connectivity index (χ0v) is 6.52. The summed E-state index contributed by atoms with van der Waals surface area (Å²) in [5.41, 5.74) is 5.30. The van der Waals surface area contributed by atoms with Gasteiger partial charge >= 0.3 is 0 Å². The Morgan fingerprint density at radius 1 is 1.30 bits per heavy atom. The molecule has 0 fully saturated rings. The first-order chi connectivity index (χ1) is 4.91. The van der Waals surface area contributed by atoms with Crippen LogP contribution in [0.3, 0.4) is 0 Å². The van der Waals surface area contributed by atoms with Crippen LogP contribution >= 0.6 is 0 Å². The predicted octanol–water partition coefficient (Wildman–Crippen LogP) is 0.765. The van der Waals surface area contributed by atoms with Crippen LogP contribution in [0.4, 0.5) is 0 Å². The molecule has 2 nitrogen and oxygen atoms in total.